The lowest BCUT2D eigenvalue weighted by atomic mass is 10.0. The molecule has 1 aromatic carbocycles. The lowest BCUT2D eigenvalue weighted by molar-refractivity contribution is 0.0729. The van der Waals surface area contributed by atoms with E-state index in [0.29, 0.717) is 54.8 Å². The molecule has 0 saturated carbocycles. The third-order valence-corrected chi connectivity index (χ3v) is 4.68. The van der Waals surface area contributed by atoms with Crippen LogP contribution in [0.15, 0.2) is 28.8 Å². The Morgan fingerprint density at radius 1 is 1.33 bits per heavy atom. The Kier molecular flexibility index (Phi) is 4.39. The molecule has 8 nitrogen and oxygen atoms in total. The summed E-state index contributed by atoms with van der Waals surface area (Å²) >= 11 is 0. The Balaban J connectivity index is 1.66. The van der Waals surface area contributed by atoms with Crippen LogP contribution < -0.4 is 4.74 Å². The first-order valence-electron chi connectivity index (χ1n) is 8.95. The molecular weight excluding hydrogens is 346 g/mol. The summed E-state index contributed by atoms with van der Waals surface area (Å²) in [7, 11) is 1.90. The zero-order valence-corrected chi connectivity index (χ0v) is 15.6. The van der Waals surface area contributed by atoms with Crippen molar-refractivity contribution >= 4 is 5.91 Å². The minimum Gasteiger partial charge on any atom is -0.493 e. The van der Waals surface area contributed by atoms with Gasteiger partial charge in [0.2, 0.25) is 0 Å². The van der Waals surface area contributed by atoms with E-state index in [0.717, 1.165) is 11.3 Å². The van der Waals surface area contributed by atoms with E-state index in [1.807, 2.05) is 41.8 Å². The van der Waals surface area contributed by atoms with Crippen LogP contribution in [-0.4, -0.2) is 43.9 Å². The second kappa shape index (κ2) is 6.86. The fourth-order valence-electron chi connectivity index (χ4n) is 3.43. The summed E-state index contributed by atoms with van der Waals surface area (Å²) in [6.07, 6.45) is 0.717. The molecule has 1 amide bonds. The number of rotatable bonds is 4. The average molecular weight is 367 g/mol. The van der Waals surface area contributed by atoms with Crippen molar-refractivity contribution in [3.63, 3.8) is 0 Å². The molecule has 1 aliphatic rings. The number of amides is 1. The fraction of sp³-hybridized carbons (Fsp3) is 0.368. The predicted octanol–water partition coefficient (Wildman–Crippen LogP) is 2.38. The van der Waals surface area contributed by atoms with Crippen molar-refractivity contribution in [3.05, 3.63) is 46.9 Å². The molecule has 3 heterocycles. The topological polar surface area (TPSA) is 86.3 Å². The second-order valence-electron chi connectivity index (χ2n) is 6.45. The lowest BCUT2D eigenvalue weighted by Crippen LogP contribution is -2.36. The molecule has 1 aliphatic heterocycles. The van der Waals surface area contributed by atoms with Crippen molar-refractivity contribution < 1.29 is 14.1 Å². The highest BCUT2D eigenvalue weighted by Crippen LogP contribution is 2.30. The van der Waals surface area contributed by atoms with E-state index in [9.17, 15) is 4.79 Å². The summed E-state index contributed by atoms with van der Waals surface area (Å²) in [4.78, 5) is 19.2. The molecule has 3 aromatic rings. The molecule has 4 rings (SSSR count). The van der Waals surface area contributed by atoms with E-state index in [-0.39, 0.29) is 5.91 Å². The minimum atomic E-state index is -0.0544. The number of fused-ring (bicyclic) bond motifs is 1. The van der Waals surface area contributed by atoms with Gasteiger partial charge in [0.25, 0.3) is 11.8 Å². The molecule has 2 aromatic heterocycles. The minimum absolute atomic E-state index is 0.0544. The number of para-hydroxylation sites is 1. The number of nitrogens with zero attached hydrogens (tertiary/aromatic N) is 5. The van der Waals surface area contributed by atoms with E-state index in [2.05, 4.69) is 15.2 Å². The third-order valence-electron chi connectivity index (χ3n) is 4.68. The fourth-order valence-corrected chi connectivity index (χ4v) is 3.43. The quantitative estimate of drug-likeness (QED) is 0.704. The molecule has 140 valence electrons. The van der Waals surface area contributed by atoms with E-state index in [1.165, 1.54) is 0 Å². The molecule has 0 bridgehead atoms. The van der Waals surface area contributed by atoms with E-state index in [4.69, 9.17) is 9.26 Å². The number of carbonyl (C=O) groups excluding carboxylic acids is 1. The zero-order chi connectivity index (χ0) is 19.0. The molecule has 0 fully saturated rings. The molecule has 0 atom stereocenters. The predicted molar refractivity (Wildman–Crippen MR) is 97.3 cm³/mol. The zero-order valence-electron chi connectivity index (χ0n) is 15.6. The van der Waals surface area contributed by atoms with Gasteiger partial charge in [-0.25, -0.2) is 0 Å². The maximum Gasteiger partial charge on any atom is 0.278 e. The van der Waals surface area contributed by atoms with Gasteiger partial charge >= 0.3 is 0 Å². The van der Waals surface area contributed by atoms with Crippen molar-refractivity contribution in [1.82, 2.24) is 24.8 Å². The van der Waals surface area contributed by atoms with Crippen molar-refractivity contribution in [1.29, 1.82) is 0 Å². The van der Waals surface area contributed by atoms with Crippen LogP contribution >= 0.6 is 0 Å². The maximum atomic E-state index is 13.1. The molecular formula is C19H21N5O3. The molecule has 0 unspecified atom stereocenters. The summed E-state index contributed by atoms with van der Waals surface area (Å²) in [5, 5.41) is 8.40. The van der Waals surface area contributed by atoms with Crippen LogP contribution in [0, 0.1) is 6.92 Å². The number of hydrogen-bond acceptors (Lipinski definition) is 6. The number of carbonyl (C=O) groups is 1. The van der Waals surface area contributed by atoms with Gasteiger partial charge in [0.05, 0.1) is 18.7 Å². The first-order valence-corrected chi connectivity index (χ1v) is 8.95. The van der Waals surface area contributed by atoms with Gasteiger partial charge in [0, 0.05) is 31.3 Å². The Morgan fingerprint density at radius 2 is 2.15 bits per heavy atom. The molecule has 27 heavy (non-hydrogen) atoms. The summed E-state index contributed by atoms with van der Waals surface area (Å²) in [6.45, 7) is 5.25. The first-order chi connectivity index (χ1) is 13.1. The van der Waals surface area contributed by atoms with Crippen LogP contribution in [0.25, 0.3) is 11.6 Å². The number of ether oxygens (including phenoxy) is 1. The first kappa shape index (κ1) is 17.3. The second-order valence-corrected chi connectivity index (χ2v) is 6.45. The van der Waals surface area contributed by atoms with Crippen LogP contribution in [0.4, 0.5) is 0 Å². The van der Waals surface area contributed by atoms with Crippen molar-refractivity contribution in [2.24, 2.45) is 7.05 Å². The molecule has 0 spiro atoms. The number of aryl methyl sites for hydroxylation is 2. The van der Waals surface area contributed by atoms with Crippen LogP contribution in [0.2, 0.25) is 0 Å². The van der Waals surface area contributed by atoms with Crippen LogP contribution in [0.3, 0.4) is 0 Å². The Morgan fingerprint density at radius 3 is 2.89 bits per heavy atom. The van der Waals surface area contributed by atoms with Crippen molar-refractivity contribution in [2.45, 2.75) is 26.8 Å². The van der Waals surface area contributed by atoms with E-state index >= 15 is 0 Å². The largest absolute Gasteiger partial charge is 0.493 e. The SMILES string of the molecule is CCOc1ccccc1C(=O)N1CCc2c(c(-c3nc(C)no3)nn2C)C1. The van der Waals surface area contributed by atoms with Gasteiger partial charge in [-0.2, -0.15) is 10.1 Å². The lowest BCUT2D eigenvalue weighted by Gasteiger charge is -2.28. The van der Waals surface area contributed by atoms with Gasteiger partial charge in [0.1, 0.15) is 5.75 Å². The van der Waals surface area contributed by atoms with Gasteiger partial charge < -0.3 is 14.2 Å². The van der Waals surface area contributed by atoms with Crippen LogP contribution in [0.5, 0.6) is 5.75 Å². The summed E-state index contributed by atoms with van der Waals surface area (Å²) in [5.41, 5.74) is 3.25. The maximum absolute atomic E-state index is 13.1. The van der Waals surface area contributed by atoms with Crippen molar-refractivity contribution in [2.75, 3.05) is 13.2 Å². The molecule has 0 N–H and O–H groups in total. The van der Waals surface area contributed by atoms with Gasteiger partial charge in [-0.1, -0.05) is 17.3 Å². The Labute approximate surface area is 156 Å². The van der Waals surface area contributed by atoms with Crippen LogP contribution in [0.1, 0.15) is 34.4 Å². The summed E-state index contributed by atoms with van der Waals surface area (Å²) in [5.74, 6) is 1.49. The standard InChI is InChI=1S/C19H21N5O3/c1-4-26-16-8-6-5-7-13(16)19(25)24-10-9-15-14(11-24)17(21-23(15)3)18-20-12(2)22-27-18/h5-8H,4,9-11H2,1-3H3. The van der Waals surface area contributed by atoms with Crippen molar-refractivity contribution in [3.8, 4) is 17.3 Å². The highest BCUT2D eigenvalue weighted by atomic mass is 16.5. The van der Waals surface area contributed by atoms with Gasteiger partial charge in [0.15, 0.2) is 11.5 Å². The number of benzene rings is 1. The number of aromatic nitrogens is 4. The highest BCUT2D eigenvalue weighted by Gasteiger charge is 2.30. The van der Waals surface area contributed by atoms with Gasteiger partial charge in [-0.3, -0.25) is 9.48 Å². The number of hydrogen-bond donors (Lipinski definition) is 0. The molecule has 0 aliphatic carbocycles. The van der Waals surface area contributed by atoms with Gasteiger partial charge in [-0.05, 0) is 26.0 Å². The third kappa shape index (κ3) is 3.07. The van der Waals surface area contributed by atoms with Gasteiger partial charge in [-0.15, -0.1) is 0 Å². The molecule has 0 radical (unpaired) electrons. The Hall–Kier alpha value is -3.16. The average Bonchev–Trinajstić information content (AvgIpc) is 3.25. The monoisotopic (exact) mass is 367 g/mol. The highest BCUT2D eigenvalue weighted by molar-refractivity contribution is 5.97. The van der Waals surface area contributed by atoms with E-state index < -0.39 is 0 Å². The molecule has 0 saturated heterocycles. The smallest absolute Gasteiger partial charge is 0.278 e. The summed E-state index contributed by atoms with van der Waals surface area (Å²) in [6, 6.07) is 7.34. The normalized spacial score (nSPS) is 13.5. The molecule has 8 heteroatoms. The Bertz CT molecular complexity index is 991. The van der Waals surface area contributed by atoms with Crippen LogP contribution in [-0.2, 0) is 20.0 Å². The summed E-state index contributed by atoms with van der Waals surface area (Å²) < 4.78 is 12.8. The van der Waals surface area contributed by atoms with E-state index in [1.54, 1.807) is 13.0 Å².